The molecule has 0 heterocycles. The molecule has 3 aliphatic carbocycles. The average Bonchev–Trinajstić information content (AvgIpc) is 2.89. The Morgan fingerprint density at radius 3 is 2.39 bits per heavy atom. The highest BCUT2D eigenvalue weighted by atomic mass is 16.5. The highest BCUT2D eigenvalue weighted by Gasteiger charge is 2.68. The van der Waals surface area contributed by atoms with Gasteiger partial charge < -0.3 is 36.0 Å². The molecule has 3 aliphatic rings. The Balaban J connectivity index is 1.85. The topological polar surface area (TPSA) is 220 Å². The Hall–Kier alpha value is -3.94. The number of aliphatic hydroxyl groups is 4. The summed E-state index contributed by atoms with van der Waals surface area (Å²) in [6, 6.07) is 1.44. The van der Waals surface area contributed by atoms with Gasteiger partial charge >= 0.3 is 6.09 Å². The molecule has 1 aromatic rings. The van der Waals surface area contributed by atoms with E-state index in [0.717, 1.165) is 12.8 Å². The maximum absolute atomic E-state index is 14.0. The van der Waals surface area contributed by atoms with Crippen LogP contribution >= 0.6 is 0 Å². The fourth-order valence-corrected chi connectivity index (χ4v) is 6.38. The molecule has 13 nitrogen and oxygen atoms in total. The van der Waals surface area contributed by atoms with E-state index in [4.69, 9.17) is 10.5 Å². The van der Waals surface area contributed by atoms with Crippen molar-refractivity contribution in [2.24, 2.45) is 17.6 Å². The number of hydrogen-bond donors (Lipinski definition) is 7. The summed E-state index contributed by atoms with van der Waals surface area (Å²) in [5.74, 6) is -9.92. The summed E-state index contributed by atoms with van der Waals surface area (Å²) in [5, 5.41) is 59.1. The predicted molar refractivity (Wildman–Crippen MR) is 145 cm³/mol. The van der Waals surface area contributed by atoms with E-state index in [0.29, 0.717) is 12.0 Å². The van der Waals surface area contributed by atoms with Gasteiger partial charge in [0.05, 0.1) is 35.9 Å². The van der Waals surface area contributed by atoms with Crippen LogP contribution in [0.1, 0.15) is 50.2 Å². The lowest BCUT2D eigenvalue weighted by Crippen LogP contribution is -2.70. The normalized spacial score (nSPS) is 29.2. The van der Waals surface area contributed by atoms with Crippen LogP contribution in [0.4, 0.5) is 10.5 Å². The van der Waals surface area contributed by atoms with E-state index in [1.54, 1.807) is 6.92 Å². The highest BCUT2D eigenvalue weighted by molar-refractivity contribution is 6.24. The van der Waals surface area contributed by atoms with Gasteiger partial charge in [-0.25, -0.2) is 4.79 Å². The number of nitrogens with zero attached hydrogens (tertiary/aromatic N) is 1. The number of anilines is 1. The van der Waals surface area contributed by atoms with Gasteiger partial charge in [-0.05, 0) is 38.1 Å². The molecule has 0 spiro atoms. The molecule has 2 amide bonds. The Morgan fingerprint density at radius 2 is 1.80 bits per heavy atom. The summed E-state index contributed by atoms with van der Waals surface area (Å²) in [4.78, 5) is 52.9. The number of rotatable bonds is 7. The van der Waals surface area contributed by atoms with Crippen LogP contribution in [0.25, 0.3) is 5.76 Å². The number of phenolic OH excluding ortho intramolecular Hbond substituents is 1. The van der Waals surface area contributed by atoms with E-state index in [9.17, 15) is 44.7 Å². The summed E-state index contributed by atoms with van der Waals surface area (Å²) in [7, 11) is 2.87. The lowest BCUT2D eigenvalue weighted by molar-refractivity contribution is -0.169. The number of amides is 2. The number of unbranched alkanes of at least 4 members (excludes halogenated alkanes) is 2. The molecule has 41 heavy (non-hydrogen) atoms. The van der Waals surface area contributed by atoms with Crippen molar-refractivity contribution in [1.29, 1.82) is 0 Å². The van der Waals surface area contributed by atoms with Crippen LogP contribution in [0.2, 0.25) is 0 Å². The van der Waals surface area contributed by atoms with Gasteiger partial charge in [0.15, 0.2) is 11.4 Å². The lowest BCUT2D eigenvalue weighted by Gasteiger charge is -2.53. The molecular weight excluding hydrogens is 538 g/mol. The van der Waals surface area contributed by atoms with Gasteiger partial charge in [0.25, 0.3) is 5.91 Å². The lowest BCUT2D eigenvalue weighted by atomic mass is 9.54. The van der Waals surface area contributed by atoms with Crippen LogP contribution in [0.5, 0.6) is 5.75 Å². The number of carbonyl (C=O) groups excluding carboxylic acids is 4. The van der Waals surface area contributed by atoms with Crippen molar-refractivity contribution in [1.82, 2.24) is 4.90 Å². The third kappa shape index (κ3) is 4.44. The highest BCUT2D eigenvalue weighted by Crippen LogP contribution is 2.56. The van der Waals surface area contributed by atoms with Gasteiger partial charge in [-0.15, -0.1) is 0 Å². The van der Waals surface area contributed by atoms with Gasteiger partial charge in [0.2, 0.25) is 5.78 Å². The van der Waals surface area contributed by atoms with Crippen molar-refractivity contribution in [3.8, 4) is 5.75 Å². The number of primary amides is 1. The van der Waals surface area contributed by atoms with Gasteiger partial charge in [0, 0.05) is 11.5 Å². The molecule has 8 N–H and O–H groups in total. The Bertz CT molecular complexity index is 1380. The zero-order valence-corrected chi connectivity index (χ0v) is 23.2. The van der Waals surface area contributed by atoms with Crippen molar-refractivity contribution in [2.45, 2.75) is 56.8 Å². The minimum absolute atomic E-state index is 0.128. The minimum atomic E-state index is -3.00. The minimum Gasteiger partial charge on any atom is -0.508 e. The number of hydrogen-bond acceptors (Lipinski definition) is 11. The fraction of sp³-hybridized carbons (Fsp3) is 0.500. The molecule has 1 saturated carbocycles. The van der Waals surface area contributed by atoms with Crippen molar-refractivity contribution in [3.63, 3.8) is 0 Å². The van der Waals surface area contributed by atoms with E-state index in [1.165, 1.54) is 31.1 Å². The van der Waals surface area contributed by atoms with E-state index in [-0.39, 0.29) is 17.9 Å². The van der Waals surface area contributed by atoms with Crippen LogP contribution in [-0.2, 0) is 19.1 Å². The molecule has 6 atom stereocenters. The number of likely N-dealkylation sites (N-methyl/N-ethyl adjacent to an activating group) is 1. The van der Waals surface area contributed by atoms with Crippen LogP contribution in [-0.4, -0.2) is 92.4 Å². The first-order chi connectivity index (χ1) is 19.2. The van der Waals surface area contributed by atoms with Crippen molar-refractivity contribution in [3.05, 3.63) is 40.2 Å². The zero-order chi connectivity index (χ0) is 30.5. The maximum Gasteiger partial charge on any atom is 0.411 e. The molecular formula is C28H35N3O10. The summed E-state index contributed by atoms with van der Waals surface area (Å²) >= 11 is 0. The maximum atomic E-state index is 14.0. The molecule has 0 aromatic heterocycles. The summed E-state index contributed by atoms with van der Waals surface area (Å²) in [6.07, 6.45) is -0.0956. The van der Waals surface area contributed by atoms with Crippen LogP contribution in [0.3, 0.4) is 0 Å². The first kappa shape index (κ1) is 30.0. The molecule has 1 aromatic carbocycles. The summed E-state index contributed by atoms with van der Waals surface area (Å²) in [5.41, 5.74) is 0.760. The molecule has 1 fully saturated rings. The van der Waals surface area contributed by atoms with Gasteiger partial charge in [0.1, 0.15) is 22.8 Å². The number of fused-ring (bicyclic) bond motifs is 3. The number of ether oxygens (including phenoxy) is 1. The van der Waals surface area contributed by atoms with Crippen molar-refractivity contribution in [2.75, 3.05) is 26.0 Å². The Labute approximate surface area is 235 Å². The average molecular weight is 574 g/mol. The second kappa shape index (κ2) is 10.8. The van der Waals surface area contributed by atoms with E-state index < -0.39 is 87.5 Å². The molecule has 13 heteroatoms. The van der Waals surface area contributed by atoms with E-state index in [2.05, 4.69) is 5.32 Å². The smallest absolute Gasteiger partial charge is 0.411 e. The number of nitrogens with one attached hydrogen (secondary N) is 1. The second-order valence-corrected chi connectivity index (χ2v) is 10.9. The number of carbonyl (C=O) groups is 4. The number of phenols is 1. The van der Waals surface area contributed by atoms with Gasteiger partial charge in [-0.1, -0.05) is 32.8 Å². The molecule has 3 unspecified atom stereocenters. The van der Waals surface area contributed by atoms with Crippen molar-refractivity contribution < 1.29 is 49.4 Å². The summed E-state index contributed by atoms with van der Waals surface area (Å²) < 4.78 is 5.11. The molecule has 0 aliphatic heterocycles. The van der Waals surface area contributed by atoms with Crippen LogP contribution in [0, 0.1) is 11.8 Å². The monoisotopic (exact) mass is 573 g/mol. The molecule has 222 valence electrons. The predicted octanol–water partition coefficient (Wildman–Crippen LogP) is 1.23. The number of aliphatic hydroxyl groups excluding tert-OH is 3. The van der Waals surface area contributed by atoms with E-state index in [1.807, 2.05) is 6.92 Å². The SMILES string of the molecule is CCCCCOC(=O)Nc1ccc2c(c1O)C(O)=C1C(=O)[C@]3(O)C(O)=C(C(N)=O)C(=O)[C@@H](N(C)C)C3C(O)C1[C@H]2C. The standard InChI is InChI=1S/C28H35N3O10/c1-5-6-7-10-41-27(39)30-13-9-8-12-11(2)14-16(21(33)15(12)20(13)32)24(36)28(40)18(22(14)34)19(31(3)4)23(35)17(25(28)37)26(29)38/h8-9,11,14,18-19,22,32-34,37,40H,5-7,10H2,1-4H3,(H2,29,38)(H,30,39)/t11-,14?,18?,19-,22?,28-/m0/s1. The number of aromatic hydroxyl groups is 1. The van der Waals surface area contributed by atoms with Gasteiger partial charge in [-0.3, -0.25) is 24.6 Å². The molecule has 4 rings (SSSR count). The largest absolute Gasteiger partial charge is 0.508 e. The number of nitrogens with two attached hydrogens (primary N) is 1. The number of ketones is 2. The summed E-state index contributed by atoms with van der Waals surface area (Å²) in [6.45, 7) is 3.77. The second-order valence-electron chi connectivity index (χ2n) is 10.9. The Kier molecular flexibility index (Phi) is 7.91. The van der Waals surface area contributed by atoms with Gasteiger partial charge in [-0.2, -0.15) is 0 Å². The third-order valence-corrected chi connectivity index (χ3v) is 8.35. The van der Waals surface area contributed by atoms with E-state index >= 15 is 0 Å². The number of benzene rings is 1. The molecule has 0 saturated heterocycles. The quantitative estimate of drug-likeness (QED) is 0.140. The first-order valence-corrected chi connectivity index (χ1v) is 13.3. The third-order valence-electron chi connectivity index (χ3n) is 8.35. The Morgan fingerprint density at radius 1 is 1.15 bits per heavy atom. The van der Waals surface area contributed by atoms with Crippen LogP contribution in [0.15, 0.2) is 29.0 Å². The fourth-order valence-electron chi connectivity index (χ4n) is 6.38. The van der Waals surface area contributed by atoms with Crippen molar-refractivity contribution >= 4 is 35.0 Å². The number of Topliss-reactive ketones (excluding diaryl/α,β-unsaturated/α-hetero) is 2. The first-order valence-electron chi connectivity index (χ1n) is 13.3. The zero-order valence-electron chi connectivity index (χ0n) is 23.2. The molecule has 0 radical (unpaired) electrons. The molecule has 0 bridgehead atoms. The van der Waals surface area contributed by atoms with Crippen LogP contribution < -0.4 is 11.1 Å².